The number of carboxylic acids is 1. The van der Waals surface area contributed by atoms with Gasteiger partial charge in [-0.1, -0.05) is 42.5 Å². The van der Waals surface area contributed by atoms with Gasteiger partial charge in [-0.25, -0.2) is 0 Å². The van der Waals surface area contributed by atoms with Crippen molar-refractivity contribution in [3.8, 4) is 0 Å². The highest BCUT2D eigenvalue weighted by Gasteiger charge is 2.21. The van der Waals surface area contributed by atoms with E-state index in [-0.39, 0.29) is 0 Å². The third-order valence-electron chi connectivity index (χ3n) is 2.65. The molecule has 0 saturated carbocycles. The molecule has 0 aromatic heterocycles. The molecule has 2 rings (SSSR count). The van der Waals surface area contributed by atoms with Gasteiger partial charge in [-0.2, -0.15) is 0 Å². The number of anilines is 1. The predicted octanol–water partition coefficient (Wildman–Crippen LogP) is 2.49. The number of benzene rings is 2. The van der Waals surface area contributed by atoms with Gasteiger partial charge in [0.1, 0.15) is 5.92 Å². The fraction of sp³-hybridized carbons (Fsp3) is 0.0714. The van der Waals surface area contributed by atoms with Crippen molar-refractivity contribution < 1.29 is 9.90 Å². The summed E-state index contributed by atoms with van der Waals surface area (Å²) in [6.45, 7) is 0. The van der Waals surface area contributed by atoms with Crippen molar-refractivity contribution in [2.45, 2.75) is 5.92 Å². The van der Waals surface area contributed by atoms with Crippen LogP contribution < -0.4 is 5.73 Å². The number of hydrogen-bond donors (Lipinski definition) is 2. The smallest absolute Gasteiger partial charge is 0.315 e. The lowest BCUT2D eigenvalue weighted by Crippen LogP contribution is -2.12. The Morgan fingerprint density at radius 2 is 1.47 bits per heavy atom. The van der Waals surface area contributed by atoms with E-state index < -0.39 is 11.9 Å². The minimum Gasteiger partial charge on any atom is -0.481 e. The molecule has 0 radical (unpaired) electrons. The van der Waals surface area contributed by atoms with Crippen LogP contribution in [0, 0.1) is 0 Å². The normalized spacial score (nSPS) is 12.0. The average molecular weight is 227 g/mol. The monoisotopic (exact) mass is 227 g/mol. The number of nitrogens with two attached hydrogens (primary N) is 1. The van der Waals surface area contributed by atoms with Crippen LogP contribution >= 0.6 is 0 Å². The molecule has 3 N–H and O–H groups in total. The van der Waals surface area contributed by atoms with Crippen LogP contribution in [0.25, 0.3) is 0 Å². The molecule has 2 aromatic rings. The number of nitrogen functional groups attached to an aromatic ring is 1. The first kappa shape index (κ1) is 11.2. The summed E-state index contributed by atoms with van der Waals surface area (Å²) in [5, 5.41) is 9.32. The van der Waals surface area contributed by atoms with Crippen molar-refractivity contribution in [2.75, 3.05) is 5.73 Å². The fourth-order valence-corrected chi connectivity index (χ4v) is 1.81. The van der Waals surface area contributed by atoms with Gasteiger partial charge in [0.05, 0.1) is 0 Å². The maximum atomic E-state index is 11.4. The number of rotatable bonds is 3. The van der Waals surface area contributed by atoms with Crippen LogP contribution in [0.3, 0.4) is 0 Å². The molecule has 0 aliphatic heterocycles. The van der Waals surface area contributed by atoms with E-state index in [1.165, 1.54) is 0 Å². The topological polar surface area (TPSA) is 63.3 Å². The van der Waals surface area contributed by atoms with E-state index in [9.17, 15) is 9.90 Å². The number of hydrogen-bond acceptors (Lipinski definition) is 2. The van der Waals surface area contributed by atoms with Gasteiger partial charge in [0, 0.05) is 5.69 Å². The molecular formula is C14H13NO2. The summed E-state index contributed by atoms with van der Waals surface area (Å²) in [5.74, 6) is -1.50. The van der Waals surface area contributed by atoms with E-state index in [1.807, 2.05) is 30.3 Å². The largest absolute Gasteiger partial charge is 0.481 e. The second-order valence-electron chi connectivity index (χ2n) is 3.85. The van der Waals surface area contributed by atoms with Crippen molar-refractivity contribution in [2.24, 2.45) is 0 Å². The van der Waals surface area contributed by atoms with Gasteiger partial charge in [-0.15, -0.1) is 0 Å². The highest BCUT2D eigenvalue weighted by atomic mass is 16.4. The predicted molar refractivity (Wildman–Crippen MR) is 66.8 cm³/mol. The molecule has 3 heteroatoms. The lowest BCUT2D eigenvalue weighted by molar-refractivity contribution is -0.137. The van der Waals surface area contributed by atoms with Gasteiger partial charge in [-0.05, 0) is 23.3 Å². The van der Waals surface area contributed by atoms with Gasteiger partial charge in [0.25, 0.3) is 0 Å². The van der Waals surface area contributed by atoms with E-state index in [2.05, 4.69) is 0 Å². The summed E-state index contributed by atoms with van der Waals surface area (Å²) < 4.78 is 0. The molecule has 2 aromatic carbocycles. The van der Waals surface area contributed by atoms with Crippen LogP contribution in [0.2, 0.25) is 0 Å². The van der Waals surface area contributed by atoms with E-state index in [4.69, 9.17) is 5.73 Å². The summed E-state index contributed by atoms with van der Waals surface area (Å²) in [7, 11) is 0. The first-order chi connectivity index (χ1) is 8.18. The van der Waals surface area contributed by atoms with E-state index in [0.717, 1.165) is 11.1 Å². The Hall–Kier alpha value is -2.29. The Morgan fingerprint density at radius 1 is 0.941 bits per heavy atom. The number of aliphatic carboxylic acids is 1. The fourth-order valence-electron chi connectivity index (χ4n) is 1.81. The summed E-state index contributed by atoms with van der Waals surface area (Å²) in [4.78, 5) is 11.4. The second kappa shape index (κ2) is 4.70. The summed E-state index contributed by atoms with van der Waals surface area (Å²) in [6, 6.07) is 16.1. The van der Waals surface area contributed by atoms with E-state index in [0.29, 0.717) is 5.69 Å². The summed E-state index contributed by atoms with van der Waals surface area (Å²) in [6.07, 6.45) is 0. The lowest BCUT2D eigenvalue weighted by atomic mass is 9.91. The molecule has 0 saturated heterocycles. The van der Waals surface area contributed by atoms with Crippen LogP contribution in [0.5, 0.6) is 0 Å². The van der Waals surface area contributed by atoms with Crippen molar-refractivity contribution >= 4 is 11.7 Å². The highest BCUT2D eigenvalue weighted by Crippen LogP contribution is 2.25. The van der Waals surface area contributed by atoms with E-state index in [1.54, 1.807) is 24.3 Å². The van der Waals surface area contributed by atoms with Crippen LogP contribution in [0.1, 0.15) is 17.0 Å². The molecule has 0 fully saturated rings. The van der Waals surface area contributed by atoms with Crippen molar-refractivity contribution in [1.82, 2.24) is 0 Å². The molecule has 0 bridgehead atoms. The van der Waals surface area contributed by atoms with Crippen molar-refractivity contribution in [3.05, 3.63) is 65.7 Å². The Balaban J connectivity index is 2.43. The zero-order valence-electron chi connectivity index (χ0n) is 9.21. The molecule has 0 heterocycles. The third-order valence-corrected chi connectivity index (χ3v) is 2.65. The molecule has 1 atom stereocenters. The Bertz CT molecular complexity index is 506. The van der Waals surface area contributed by atoms with Crippen LogP contribution in [-0.4, -0.2) is 11.1 Å². The van der Waals surface area contributed by atoms with Crippen LogP contribution in [0.15, 0.2) is 54.6 Å². The summed E-state index contributed by atoms with van der Waals surface area (Å²) in [5.41, 5.74) is 7.73. The first-order valence-electron chi connectivity index (χ1n) is 5.31. The summed E-state index contributed by atoms with van der Waals surface area (Å²) >= 11 is 0. The Labute approximate surface area is 99.5 Å². The third kappa shape index (κ3) is 2.45. The average Bonchev–Trinajstić information content (AvgIpc) is 2.33. The van der Waals surface area contributed by atoms with Gasteiger partial charge >= 0.3 is 5.97 Å². The SMILES string of the molecule is Nc1ccc([C@@H](C(=O)O)c2ccccc2)cc1. The maximum absolute atomic E-state index is 11.4. The van der Waals surface area contributed by atoms with Gasteiger partial charge in [0.2, 0.25) is 0 Å². The number of carbonyl (C=O) groups is 1. The van der Waals surface area contributed by atoms with Gasteiger partial charge < -0.3 is 10.8 Å². The minimum atomic E-state index is -0.860. The molecule has 0 aliphatic carbocycles. The second-order valence-corrected chi connectivity index (χ2v) is 3.85. The highest BCUT2D eigenvalue weighted by molar-refractivity contribution is 5.80. The molecule has 0 amide bonds. The Kier molecular flexibility index (Phi) is 3.10. The van der Waals surface area contributed by atoms with Crippen LogP contribution in [-0.2, 0) is 4.79 Å². The molecule has 86 valence electrons. The van der Waals surface area contributed by atoms with Gasteiger partial charge in [-0.3, -0.25) is 4.79 Å². The molecule has 17 heavy (non-hydrogen) atoms. The Morgan fingerprint density at radius 3 is 2.00 bits per heavy atom. The molecule has 0 unspecified atom stereocenters. The van der Waals surface area contributed by atoms with Crippen molar-refractivity contribution in [1.29, 1.82) is 0 Å². The quantitative estimate of drug-likeness (QED) is 0.792. The number of carboxylic acid groups (broad SMARTS) is 1. The minimum absolute atomic E-state index is 0.631. The van der Waals surface area contributed by atoms with Gasteiger partial charge in [0.15, 0.2) is 0 Å². The molecule has 0 spiro atoms. The molecule has 0 aliphatic rings. The standard InChI is InChI=1S/C14H13NO2/c15-12-8-6-11(7-9-12)13(14(16)17)10-4-2-1-3-5-10/h1-9,13H,15H2,(H,16,17)/t13-/m0/s1. The van der Waals surface area contributed by atoms with E-state index >= 15 is 0 Å². The molecule has 3 nitrogen and oxygen atoms in total. The van der Waals surface area contributed by atoms with Crippen LogP contribution in [0.4, 0.5) is 5.69 Å². The first-order valence-corrected chi connectivity index (χ1v) is 5.31. The lowest BCUT2D eigenvalue weighted by Gasteiger charge is -2.13. The van der Waals surface area contributed by atoms with Crippen molar-refractivity contribution in [3.63, 3.8) is 0 Å². The zero-order chi connectivity index (χ0) is 12.3. The maximum Gasteiger partial charge on any atom is 0.315 e. The molecular weight excluding hydrogens is 214 g/mol. The zero-order valence-corrected chi connectivity index (χ0v) is 9.21.